The van der Waals surface area contributed by atoms with E-state index in [0.717, 1.165) is 51.8 Å². The quantitative estimate of drug-likeness (QED) is 0.174. The van der Waals surface area contributed by atoms with Crippen LogP contribution in [0.2, 0.25) is 0 Å². The Morgan fingerprint density at radius 2 is 1.27 bits per heavy atom. The molecule has 0 unspecified atom stereocenters. The minimum Gasteiger partial charge on any atom is -0.467 e. The molecule has 1 aromatic heterocycles. The van der Waals surface area contributed by atoms with Crippen molar-refractivity contribution < 1.29 is 9.47 Å². The summed E-state index contributed by atoms with van der Waals surface area (Å²) >= 11 is 0. The monoisotopic (exact) mass is 836 g/mol. The minimum atomic E-state index is -0.570. The zero-order valence-electron chi connectivity index (χ0n) is 40.5. The number of aromatic nitrogens is 1. The number of hydrogen-bond acceptors (Lipinski definition) is 5. The number of ether oxygens (including phenoxy) is 2. The van der Waals surface area contributed by atoms with Crippen LogP contribution in [0.3, 0.4) is 0 Å². The van der Waals surface area contributed by atoms with E-state index in [4.69, 9.17) is 19.5 Å². The molecule has 0 amide bonds. The van der Waals surface area contributed by atoms with Crippen molar-refractivity contribution in [2.45, 2.75) is 139 Å². The first kappa shape index (κ1) is 42.6. The van der Waals surface area contributed by atoms with E-state index in [-0.39, 0.29) is 16.2 Å². The van der Waals surface area contributed by atoms with Gasteiger partial charge in [0.15, 0.2) is 0 Å². The molecule has 6 aromatic rings. The normalized spacial score (nSPS) is 19.8. The van der Waals surface area contributed by atoms with Crippen molar-refractivity contribution in [3.63, 3.8) is 0 Å². The van der Waals surface area contributed by atoms with E-state index in [1.807, 2.05) is 6.20 Å². The van der Waals surface area contributed by atoms with E-state index < -0.39 is 11.1 Å². The smallest absolute Gasteiger partial charge is 0.217 e. The Morgan fingerprint density at radius 3 is 1.95 bits per heavy atom. The van der Waals surface area contributed by atoms with Crippen molar-refractivity contribution in [2.24, 2.45) is 10.4 Å². The number of fused-ring (bicyclic) bond motifs is 5. The van der Waals surface area contributed by atoms with Gasteiger partial charge in [-0.05, 0) is 170 Å². The summed E-state index contributed by atoms with van der Waals surface area (Å²) in [5.74, 6) is 3.09. The fourth-order valence-corrected chi connectivity index (χ4v) is 11.1. The second-order valence-electron chi connectivity index (χ2n) is 21.8. The van der Waals surface area contributed by atoms with Gasteiger partial charge in [0.1, 0.15) is 28.5 Å². The molecule has 0 spiro atoms. The second-order valence-corrected chi connectivity index (χ2v) is 21.8. The molecule has 0 saturated carbocycles. The van der Waals surface area contributed by atoms with Crippen molar-refractivity contribution in [2.75, 3.05) is 4.90 Å². The number of rotatable bonds is 5. The van der Waals surface area contributed by atoms with E-state index in [1.165, 1.54) is 66.8 Å². The van der Waals surface area contributed by atoms with Gasteiger partial charge in [0.05, 0.1) is 11.4 Å². The molecular formula is C58H65N3O2. The number of nitrogens with zero attached hydrogens (tertiary/aromatic N) is 3. The molecule has 2 aliphatic heterocycles. The molecule has 0 saturated heterocycles. The Morgan fingerprint density at radius 1 is 0.619 bits per heavy atom. The van der Waals surface area contributed by atoms with E-state index in [9.17, 15) is 0 Å². The summed E-state index contributed by atoms with van der Waals surface area (Å²) in [5, 5.41) is 0. The molecule has 9 rings (SSSR count). The lowest BCUT2D eigenvalue weighted by molar-refractivity contribution is -0.0673. The first-order valence-corrected chi connectivity index (χ1v) is 22.8. The summed E-state index contributed by atoms with van der Waals surface area (Å²) in [5.41, 5.74) is 18.7. The first-order valence-electron chi connectivity index (χ1n) is 22.8. The average Bonchev–Trinajstić information content (AvgIpc) is 3.62. The molecule has 5 aromatic carbocycles. The van der Waals surface area contributed by atoms with Crippen molar-refractivity contribution in [1.29, 1.82) is 0 Å². The predicted octanol–water partition coefficient (Wildman–Crippen LogP) is 15.1. The van der Waals surface area contributed by atoms with Crippen LogP contribution in [-0.2, 0) is 27.5 Å². The van der Waals surface area contributed by atoms with Crippen LogP contribution < -0.4 is 9.64 Å². The molecular weight excluding hydrogens is 771 g/mol. The van der Waals surface area contributed by atoms with Crippen LogP contribution >= 0.6 is 0 Å². The van der Waals surface area contributed by atoms with Crippen LogP contribution in [0.4, 0.5) is 17.2 Å². The molecule has 0 N–H and O–H groups in total. The van der Waals surface area contributed by atoms with Crippen molar-refractivity contribution in [3.8, 4) is 22.6 Å². The lowest BCUT2D eigenvalue weighted by Gasteiger charge is -2.45. The van der Waals surface area contributed by atoms with E-state index >= 15 is 0 Å². The fourth-order valence-electron chi connectivity index (χ4n) is 11.1. The highest BCUT2D eigenvalue weighted by Gasteiger charge is 2.66. The number of anilines is 3. The second kappa shape index (κ2) is 14.2. The molecule has 0 radical (unpaired) electrons. The highest BCUT2D eigenvalue weighted by atomic mass is 16.5. The van der Waals surface area contributed by atoms with Gasteiger partial charge in [-0.15, -0.1) is 0 Å². The third-order valence-electron chi connectivity index (χ3n) is 14.7. The first-order chi connectivity index (χ1) is 29.4. The van der Waals surface area contributed by atoms with Crippen LogP contribution in [0.5, 0.6) is 11.5 Å². The number of aryl methyl sites for hydroxylation is 7. The van der Waals surface area contributed by atoms with Gasteiger partial charge in [-0.1, -0.05) is 103 Å². The largest absolute Gasteiger partial charge is 0.467 e. The average molecular weight is 836 g/mol. The maximum atomic E-state index is 7.40. The lowest BCUT2D eigenvalue weighted by atomic mass is 9.66. The zero-order valence-corrected chi connectivity index (χ0v) is 40.5. The van der Waals surface area contributed by atoms with Gasteiger partial charge in [-0.2, -0.15) is 0 Å². The summed E-state index contributed by atoms with van der Waals surface area (Å²) in [6.07, 6.45) is 2.75. The predicted molar refractivity (Wildman–Crippen MR) is 262 cm³/mol. The van der Waals surface area contributed by atoms with E-state index in [2.05, 4.69) is 201 Å². The number of pyridine rings is 1. The topological polar surface area (TPSA) is 47.0 Å². The number of aliphatic imine (C=N–C) groups is 1. The highest BCUT2D eigenvalue weighted by molar-refractivity contribution is 5.99. The van der Waals surface area contributed by atoms with Gasteiger partial charge >= 0.3 is 0 Å². The Bertz CT molecular complexity index is 2900. The third kappa shape index (κ3) is 6.63. The lowest BCUT2D eigenvalue weighted by Crippen LogP contribution is -2.54. The van der Waals surface area contributed by atoms with Crippen LogP contribution in [0, 0.1) is 53.9 Å². The third-order valence-corrected chi connectivity index (χ3v) is 14.7. The van der Waals surface area contributed by atoms with Crippen LogP contribution in [0.25, 0.3) is 11.1 Å². The Hall–Kier alpha value is -5.68. The van der Waals surface area contributed by atoms with Gasteiger partial charge in [0.25, 0.3) is 0 Å². The molecule has 1 aliphatic carbocycles. The van der Waals surface area contributed by atoms with Crippen LogP contribution in [-0.4, -0.2) is 16.5 Å². The summed E-state index contributed by atoms with van der Waals surface area (Å²) in [7, 11) is 0. The van der Waals surface area contributed by atoms with Crippen LogP contribution in [0.15, 0.2) is 96.1 Å². The minimum absolute atomic E-state index is 0.0403. The molecule has 324 valence electrons. The standard InChI is InChI=1S/C58H65N3O2/c1-33-17-18-48-46(23-33)56(14,15)47-26-37(5)50(31-49(47)61(48)51-30-43(19-20-59-51)54(8,9)10)62-44-28-40(52-38(6)21-34(2)22-39(52)7)27-41(29-44)53-60-57(16)45-25-36(4)35(3)24-42(45)32-58(57,63-53)55(11,12)13/h17-31H,32H2,1-16H3/t57-,58-/m1/s1. The van der Waals surface area contributed by atoms with Gasteiger partial charge in [0, 0.05) is 35.1 Å². The fraction of sp³-hybridized carbons (Fsp3) is 0.379. The molecule has 2 atom stereocenters. The molecule has 0 fully saturated rings. The summed E-state index contributed by atoms with van der Waals surface area (Å²) < 4.78 is 14.6. The molecule has 5 nitrogen and oxygen atoms in total. The molecule has 3 heterocycles. The Kier molecular flexibility index (Phi) is 9.58. The summed E-state index contributed by atoms with van der Waals surface area (Å²) in [6.45, 7) is 36.0. The van der Waals surface area contributed by atoms with Crippen molar-refractivity contribution >= 4 is 23.1 Å². The van der Waals surface area contributed by atoms with Gasteiger partial charge in [0.2, 0.25) is 5.90 Å². The van der Waals surface area contributed by atoms with Crippen molar-refractivity contribution in [3.05, 3.63) is 163 Å². The Labute approximate surface area is 376 Å². The molecule has 3 aliphatic rings. The maximum Gasteiger partial charge on any atom is 0.217 e. The van der Waals surface area contributed by atoms with Crippen molar-refractivity contribution in [1.82, 2.24) is 4.98 Å². The SMILES string of the molecule is Cc1cc(C)c(-c2cc(Oc3cc4c(cc3C)C(C)(C)c3cc(C)ccc3N4c3cc(C(C)(C)C)ccn3)cc(C3=N[C@]4(C)c5cc(C)c(C)cc5C[C@]4(C(C)(C)C)O3)c2)c(C)c1. The van der Waals surface area contributed by atoms with Gasteiger partial charge in [-0.25, -0.2) is 9.98 Å². The van der Waals surface area contributed by atoms with E-state index in [1.54, 1.807) is 0 Å². The molecule has 0 bridgehead atoms. The molecule has 5 heteroatoms. The van der Waals surface area contributed by atoms with Crippen LogP contribution in [0.1, 0.15) is 135 Å². The maximum absolute atomic E-state index is 7.40. The number of hydrogen-bond donors (Lipinski definition) is 0. The highest BCUT2D eigenvalue weighted by Crippen LogP contribution is 2.61. The summed E-state index contributed by atoms with van der Waals surface area (Å²) in [4.78, 5) is 13.0. The molecule has 63 heavy (non-hydrogen) atoms. The van der Waals surface area contributed by atoms with Gasteiger partial charge < -0.3 is 9.47 Å². The number of benzene rings is 5. The summed E-state index contributed by atoms with van der Waals surface area (Å²) in [6, 6.07) is 31.6. The zero-order chi connectivity index (χ0) is 45.3. The Balaban J connectivity index is 1.23. The van der Waals surface area contributed by atoms with E-state index in [0.29, 0.717) is 5.90 Å². The van der Waals surface area contributed by atoms with Gasteiger partial charge in [-0.3, -0.25) is 4.90 Å².